The van der Waals surface area contributed by atoms with E-state index in [4.69, 9.17) is 0 Å². The Morgan fingerprint density at radius 2 is 1.96 bits per heavy atom. The average molecular weight is 357 g/mol. The van der Waals surface area contributed by atoms with Crippen LogP contribution in [0, 0.1) is 11.3 Å². The summed E-state index contributed by atoms with van der Waals surface area (Å²) in [5, 5.41) is 22.8. The Balaban J connectivity index is 2.20. The van der Waals surface area contributed by atoms with Gasteiger partial charge in [0.25, 0.3) is 0 Å². The van der Waals surface area contributed by atoms with Gasteiger partial charge in [-0.1, -0.05) is 38.4 Å². The minimum atomic E-state index is -0.665. The molecule has 0 radical (unpaired) electrons. The third kappa shape index (κ3) is 2.65. The Hall–Kier alpha value is -1.84. The molecule has 0 heterocycles. The van der Waals surface area contributed by atoms with Crippen molar-refractivity contribution in [2.24, 2.45) is 16.5 Å². The third-order valence-corrected chi connectivity index (χ3v) is 7.17. The highest BCUT2D eigenvalue weighted by atomic mass is 16.4. The van der Waals surface area contributed by atoms with Gasteiger partial charge in [0.1, 0.15) is 0 Å². The first-order chi connectivity index (χ1) is 12.1. The fraction of sp³-hybridized carbons (Fsp3) is 0.636. The van der Waals surface area contributed by atoms with Gasteiger partial charge < -0.3 is 10.3 Å². The van der Waals surface area contributed by atoms with E-state index in [1.54, 1.807) is 0 Å². The first-order valence-electron chi connectivity index (χ1n) is 9.75. The summed E-state index contributed by atoms with van der Waals surface area (Å²) in [5.41, 5.74) is 4.63. The van der Waals surface area contributed by atoms with Crippen molar-refractivity contribution in [1.29, 1.82) is 0 Å². The maximum Gasteiger partial charge on any atom is 0.309 e. The lowest BCUT2D eigenvalue weighted by Crippen LogP contribution is -2.52. The number of carboxylic acid groups (broad SMARTS) is 1. The van der Waals surface area contributed by atoms with E-state index in [0.717, 1.165) is 37.7 Å². The fourth-order valence-corrected chi connectivity index (χ4v) is 5.64. The van der Waals surface area contributed by atoms with E-state index in [1.807, 2.05) is 13.8 Å². The lowest BCUT2D eigenvalue weighted by molar-refractivity contribution is -0.157. The van der Waals surface area contributed by atoms with Crippen LogP contribution in [0.5, 0.6) is 0 Å². The van der Waals surface area contributed by atoms with Gasteiger partial charge in [-0.2, -0.15) is 0 Å². The zero-order valence-corrected chi connectivity index (χ0v) is 16.6. The van der Waals surface area contributed by atoms with Gasteiger partial charge in [0.05, 0.1) is 11.1 Å². The van der Waals surface area contributed by atoms with Crippen molar-refractivity contribution < 1.29 is 15.1 Å². The van der Waals surface area contributed by atoms with Crippen molar-refractivity contribution in [3.63, 3.8) is 0 Å². The van der Waals surface area contributed by atoms with Crippen LogP contribution in [0.3, 0.4) is 0 Å². The standard InChI is InChI=1S/C22H31NO3/c1-13(2)16-11-15-7-8-19-21(4,9-6-10-22(19,5)20(24)25)18(15)12-17(16)14(3)23-26/h11-13,19,26H,6-10H2,1-5H3,(H,24,25)/b23-14+/t19?,21-,22?/m1/s1. The van der Waals surface area contributed by atoms with Gasteiger partial charge in [-0.3, -0.25) is 4.79 Å². The molecule has 2 aliphatic carbocycles. The third-order valence-electron chi connectivity index (χ3n) is 7.17. The number of nitrogens with zero attached hydrogens (tertiary/aromatic N) is 1. The molecule has 26 heavy (non-hydrogen) atoms. The summed E-state index contributed by atoms with van der Waals surface area (Å²) in [5.74, 6) is -0.185. The van der Waals surface area contributed by atoms with Gasteiger partial charge >= 0.3 is 5.97 Å². The molecule has 142 valence electrons. The summed E-state index contributed by atoms with van der Waals surface area (Å²) in [6.07, 6.45) is 4.56. The van der Waals surface area contributed by atoms with Gasteiger partial charge in [-0.05, 0) is 79.5 Å². The second-order valence-electron chi connectivity index (χ2n) is 9.02. The van der Waals surface area contributed by atoms with Crippen LogP contribution in [-0.2, 0) is 16.6 Å². The minimum absolute atomic E-state index is 0.137. The number of carbonyl (C=O) groups is 1. The monoisotopic (exact) mass is 357 g/mol. The molecule has 0 spiro atoms. The quantitative estimate of drug-likeness (QED) is 0.449. The highest BCUT2D eigenvalue weighted by Gasteiger charge is 2.55. The molecule has 1 saturated carbocycles. The molecule has 1 aromatic carbocycles. The van der Waals surface area contributed by atoms with E-state index >= 15 is 0 Å². The number of carboxylic acids is 1. The summed E-state index contributed by atoms with van der Waals surface area (Å²) in [6.45, 7) is 10.3. The molecule has 0 bridgehead atoms. The lowest BCUT2D eigenvalue weighted by atomic mass is 9.49. The zero-order valence-electron chi connectivity index (χ0n) is 16.6. The predicted molar refractivity (Wildman–Crippen MR) is 103 cm³/mol. The molecular weight excluding hydrogens is 326 g/mol. The van der Waals surface area contributed by atoms with E-state index in [1.165, 1.54) is 16.7 Å². The van der Waals surface area contributed by atoms with Crippen LogP contribution in [0.1, 0.15) is 88.5 Å². The van der Waals surface area contributed by atoms with E-state index in [2.05, 4.69) is 38.1 Å². The Morgan fingerprint density at radius 1 is 1.27 bits per heavy atom. The number of rotatable bonds is 3. The van der Waals surface area contributed by atoms with E-state index < -0.39 is 11.4 Å². The smallest absolute Gasteiger partial charge is 0.309 e. The molecule has 0 aliphatic heterocycles. The van der Waals surface area contributed by atoms with Crippen LogP contribution in [-0.4, -0.2) is 22.0 Å². The van der Waals surface area contributed by atoms with E-state index in [9.17, 15) is 15.1 Å². The van der Waals surface area contributed by atoms with Crippen LogP contribution in [0.4, 0.5) is 0 Å². The summed E-state index contributed by atoms with van der Waals surface area (Å²) in [4.78, 5) is 12.1. The molecule has 1 fully saturated rings. The number of hydrogen-bond donors (Lipinski definition) is 2. The number of benzene rings is 1. The van der Waals surface area contributed by atoms with Gasteiger partial charge in [0.2, 0.25) is 0 Å². The number of fused-ring (bicyclic) bond motifs is 3. The predicted octanol–water partition coefficient (Wildman–Crippen LogP) is 5.10. The largest absolute Gasteiger partial charge is 0.481 e. The molecule has 3 atom stereocenters. The first-order valence-corrected chi connectivity index (χ1v) is 9.75. The van der Waals surface area contributed by atoms with Crippen molar-refractivity contribution in [3.05, 3.63) is 34.4 Å². The molecule has 0 aromatic heterocycles. The number of hydrogen-bond acceptors (Lipinski definition) is 3. The van der Waals surface area contributed by atoms with Crippen LogP contribution in [0.2, 0.25) is 0 Å². The van der Waals surface area contributed by atoms with Crippen molar-refractivity contribution in [1.82, 2.24) is 0 Å². The lowest BCUT2D eigenvalue weighted by Gasteiger charge is -2.53. The van der Waals surface area contributed by atoms with Gasteiger partial charge in [0.15, 0.2) is 0 Å². The molecule has 2 unspecified atom stereocenters. The Kier molecular flexibility index (Phi) is 4.66. The molecule has 3 rings (SSSR count). The van der Waals surface area contributed by atoms with Crippen LogP contribution >= 0.6 is 0 Å². The van der Waals surface area contributed by atoms with Crippen LogP contribution < -0.4 is 0 Å². The summed E-state index contributed by atoms with van der Waals surface area (Å²) >= 11 is 0. The minimum Gasteiger partial charge on any atom is -0.481 e. The molecule has 4 nitrogen and oxygen atoms in total. The summed E-state index contributed by atoms with van der Waals surface area (Å²) in [6, 6.07) is 4.47. The Labute approximate surface area is 156 Å². The zero-order chi connectivity index (χ0) is 19.3. The maximum absolute atomic E-state index is 12.1. The van der Waals surface area contributed by atoms with Gasteiger partial charge in [0, 0.05) is 5.56 Å². The topological polar surface area (TPSA) is 69.9 Å². The number of aliphatic carboxylic acids is 1. The highest BCUT2D eigenvalue weighted by molar-refractivity contribution is 6.00. The summed E-state index contributed by atoms with van der Waals surface area (Å²) < 4.78 is 0. The SMILES string of the molecule is C/C(=N\O)c1cc2c(cc1C(C)C)CCC1C(C)(C(=O)O)CCC[C@]21C. The van der Waals surface area contributed by atoms with Gasteiger partial charge in [-0.15, -0.1) is 0 Å². The first kappa shape index (κ1) is 18.9. The van der Waals surface area contributed by atoms with E-state index in [-0.39, 0.29) is 11.3 Å². The second-order valence-corrected chi connectivity index (χ2v) is 9.02. The van der Waals surface area contributed by atoms with E-state index in [0.29, 0.717) is 11.6 Å². The molecule has 2 aliphatic rings. The molecule has 4 heteroatoms. The molecule has 0 saturated heterocycles. The van der Waals surface area contributed by atoms with Crippen molar-refractivity contribution in [2.75, 3.05) is 0 Å². The fourth-order valence-electron chi connectivity index (χ4n) is 5.64. The van der Waals surface area contributed by atoms with Crippen molar-refractivity contribution >= 4 is 11.7 Å². The van der Waals surface area contributed by atoms with Crippen molar-refractivity contribution in [3.8, 4) is 0 Å². The number of aryl methyl sites for hydroxylation is 1. The molecule has 0 amide bonds. The summed E-state index contributed by atoms with van der Waals surface area (Å²) in [7, 11) is 0. The average Bonchev–Trinajstić information content (AvgIpc) is 2.59. The Bertz CT molecular complexity index is 767. The molecule has 1 aromatic rings. The molecule has 2 N–H and O–H groups in total. The normalized spacial score (nSPS) is 31.5. The maximum atomic E-state index is 12.1. The van der Waals surface area contributed by atoms with Crippen molar-refractivity contribution in [2.45, 2.75) is 78.1 Å². The second kappa shape index (κ2) is 6.40. The van der Waals surface area contributed by atoms with Crippen LogP contribution in [0.15, 0.2) is 17.3 Å². The highest BCUT2D eigenvalue weighted by Crippen LogP contribution is 2.57. The van der Waals surface area contributed by atoms with Crippen LogP contribution in [0.25, 0.3) is 0 Å². The molecular formula is C22H31NO3. The number of oxime groups is 1. The van der Waals surface area contributed by atoms with Gasteiger partial charge in [-0.25, -0.2) is 0 Å². The Morgan fingerprint density at radius 3 is 2.54 bits per heavy atom.